The summed E-state index contributed by atoms with van der Waals surface area (Å²) in [6, 6.07) is 13.4. The molecule has 2 aromatic carbocycles. The summed E-state index contributed by atoms with van der Waals surface area (Å²) in [4.78, 5) is 37.3. The van der Waals surface area contributed by atoms with Gasteiger partial charge in [-0.2, -0.15) is 13.2 Å². The Morgan fingerprint density at radius 2 is 1.51 bits per heavy atom. The third-order valence-electron chi connectivity index (χ3n) is 5.45. The van der Waals surface area contributed by atoms with E-state index < -0.39 is 35.3 Å². The van der Waals surface area contributed by atoms with E-state index in [1.807, 2.05) is 30.3 Å². The van der Waals surface area contributed by atoms with Gasteiger partial charge < -0.3 is 15.4 Å². The van der Waals surface area contributed by atoms with E-state index in [2.05, 4.69) is 10.6 Å². The largest absolute Gasteiger partial charge is 0.460 e. The molecule has 0 radical (unpaired) electrons. The number of alkyl halides is 3. The number of Topliss-reactive ketones (excluding diaryl/α,β-unsaturated/α-hetero) is 1. The number of ether oxygens (including phenoxy) is 1. The molecular formula is C28H35F3N2O4. The molecule has 0 aliphatic rings. The van der Waals surface area contributed by atoms with Crippen LogP contribution in [0.15, 0.2) is 54.6 Å². The van der Waals surface area contributed by atoms with Gasteiger partial charge in [-0.1, -0.05) is 42.5 Å². The molecule has 0 aliphatic carbocycles. The summed E-state index contributed by atoms with van der Waals surface area (Å²) in [7, 11) is 0. The van der Waals surface area contributed by atoms with Crippen LogP contribution in [0.1, 0.15) is 63.1 Å². The van der Waals surface area contributed by atoms with Crippen molar-refractivity contribution in [3.8, 4) is 0 Å². The third-order valence-corrected chi connectivity index (χ3v) is 5.45. The van der Waals surface area contributed by atoms with Gasteiger partial charge in [0.2, 0.25) is 5.91 Å². The lowest BCUT2D eigenvalue weighted by Gasteiger charge is -2.21. The molecule has 9 heteroatoms. The Kier molecular flexibility index (Phi) is 11.3. The van der Waals surface area contributed by atoms with E-state index in [0.717, 1.165) is 17.7 Å². The van der Waals surface area contributed by atoms with Gasteiger partial charge in [0.15, 0.2) is 0 Å². The van der Waals surface area contributed by atoms with Gasteiger partial charge >= 0.3 is 12.1 Å². The highest BCUT2D eigenvalue weighted by Gasteiger charge is 2.30. The monoisotopic (exact) mass is 520 g/mol. The standard InChI is InChI=1S/C28H35F3N2O4/c1-27(2,3)37-25(35)16-15-24(32-18-17-23(34)14-11-20-7-5-4-6-8-20)26(36)33-19-21-9-12-22(13-10-21)28(29,30)31/h4-10,12-13,24,32H,11,14-19H2,1-3H3,(H,33,36)/t24-/m1/s1. The second kappa shape index (κ2) is 13.9. The molecular weight excluding hydrogens is 485 g/mol. The number of nitrogens with one attached hydrogen (secondary N) is 2. The average Bonchev–Trinajstić information content (AvgIpc) is 2.82. The zero-order valence-electron chi connectivity index (χ0n) is 21.5. The molecule has 202 valence electrons. The van der Waals surface area contributed by atoms with Crippen LogP contribution in [0, 0.1) is 0 Å². The van der Waals surface area contributed by atoms with Gasteiger partial charge in [0.05, 0.1) is 11.6 Å². The fourth-order valence-corrected chi connectivity index (χ4v) is 3.54. The number of esters is 1. The summed E-state index contributed by atoms with van der Waals surface area (Å²) >= 11 is 0. The molecule has 2 aromatic rings. The lowest BCUT2D eigenvalue weighted by molar-refractivity contribution is -0.155. The van der Waals surface area contributed by atoms with E-state index in [9.17, 15) is 27.6 Å². The van der Waals surface area contributed by atoms with Gasteiger partial charge in [-0.15, -0.1) is 0 Å². The van der Waals surface area contributed by atoms with Crippen LogP contribution in [-0.2, 0) is 38.3 Å². The van der Waals surface area contributed by atoms with E-state index in [1.54, 1.807) is 20.8 Å². The molecule has 0 bridgehead atoms. The van der Waals surface area contributed by atoms with E-state index in [1.165, 1.54) is 12.1 Å². The molecule has 0 saturated carbocycles. The van der Waals surface area contributed by atoms with Gasteiger partial charge in [0.25, 0.3) is 0 Å². The molecule has 0 fully saturated rings. The van der Waals surface area contributed by atoms with Gasteiger partial charge in [-0.25, -0.2) is 0 Å². The lowest BCUT2D eigenvalue weighted by atomic mass is 10.1. The molecule has 0 saturated heterocycles. The number of hydrogen-bond acceptors (Lipinski definition) is 5. The number of benzene rings is 2. The highest BCUT2D eigenvalue weighted by atomic mass is 19.4. The van der Waals surface area contributed by atoms with Crippen LogP contribution in [0.3, 0.4) is 0 Å². The van der Waals surface area contributed by atoms with Crippen molar-refractivity contribution in [2.75, 3.05) is 6.54 Å². The van der Waals surface area contributed by atoms with Gasteiger partial charge in [0, 0.05) is 32.4 Å². The van der Waals surface area contributed by atoms with Crippen LogP contribution in [0.4, 0.5) is 13.2 Å². The molecule has 37 heavy (non-hydrogen) atoms. The topological polar surface area (TPSA) is 84.5 Å². The maximum absolute atomic E-state index is 12.8. The summed E-state index contributed by atoms with van der Waals surface area (Å²) in [5.41, 5.74) is 0.150. The molecule has 0 spiro atoms. The smallest absolute Gasteiger partial charge is 0.416 e. The van der Waals surface area contributed by atoms with Crippen molar-refractivity contribution in [3.05, 3.63) is 71.3 Å². The van der Waals surface area contributed by atoms with Crippen LogP contribution >= 0.6 is 0 Å². The Hall–Kier alpha value is -3.20. The summed E-state index contributed by atoms with van der Waals surface area (Å²) in [5, 5.41) is 5.74. The Bertz CT molecular complexity index is 1020. The first-order chi connectivity index (χ1) is 17.3. The number of rotatable bonds is 13. The predicted molar refractivity (Wildman–Crippen MR) is 135 cm³/mol. The maximum Gasteiger partial charge on any atom is 0.416 e. The van der Waals surface area contributed by atoms with Crippen molar-refractivity contribution in [2.45, 2.75) is 77.2 Å². The SMILES string of the molecule is CC(C)(C)OC(=O)CC[C@@H](NCCC(=O)CCc1ccccc1)C(=O)NCc1ccc(C(F)(F)F)cc1. The molecule has 1 atom stereocenters. The summed E-state index contributed by atoms with van der Waals surface area (Å²) in [6.07, 6.45) is -3.06. The highest BCUT2D eigenvalue weighted by molar-refractivity contribution is 5.83. The summed E-state index contributed by atoms with van der Waals surface area (Å²) in [6.45, 7) is 5.52. The number of carbonyl (C=O) groups is 3. The Balaban J connectivity index is 1.90. The molecule has 1 amide bonds. The number of carbonyl (C=O) groups excluding carboxylic acids is 3. The number of amides is 1. The molecule has 2 rings (SSSR count). The molecule has 2 N–H and O–H groups in total. The van der Waals surface area contributed by atoms with Gasteiger partial charge in [0.1, 0.15) is 11.4 Å². The summed E-state index contributed by atoms with van der Waals surface area (Å²) < 4.78 is 43.6. The second-order valence-electron chi connectivity index (χ2n) is 9.82. The normalized spacial score (nSPS) is 12.6. The molecule has 0 aliphatic heterocycles. The van der Waals surface area contributed by atoms with Gasteiger partial charge in [-0.05, 0) is 56.9 Å². The molecule has 0 heterocycles. The Morgan fingerprint density at radius 3 is 2.11 bits per heavy atom. The van der Waals surface area contributed by atoms with Crippen LogP contribution in [0.2, 0.25) is 0 Å². The quantitative estimate of drug-likeness (QED) is 0.364. The fourth-order valence-electron chi connectivity index (χ4n) is 3.54. The van der Waals surface area contributed by atoms with Crippen molar-refractivity contribution >= 4 is 17.7 Å². The number of aryl methyl sites for hydroxylation is 1. The van der Waals surface area contributed by atoms with Crippen LogP contribution < -0.4 is 10.6 Å². The van der Waals surface area contributed by atoms with Crippen molar-refractivity contribution in [1.82, 2.24) is 10.6 Å². The van der Waals surface area contributed by atoms with Crippen molar-refractivity contribution < 1.29 is 32.3 Å². The minimum atomic E-state index is -4.43. The average molecular weight is 521 g/mol. The Labute approximate surface area is 216 Å². The predicted octanol–water partition coefficient (Wildman–Crippen LogP) is 4.99. The van der Waals surface area contributed by atoms with E-state index in [0.29, 0.717) is 18.4 Å². The second-order valence-corrected chi connectivity index (χ2v) is 9.82. The first-order valence-electron chi connectivity index (χ1n) is 12.3. The zero-order chi connectivity index (χ0) is 27.5. The van der Waals surface area contributed by atoms with E-state index >= 15 is 0 Å². The number of ketones is 1. The maximum atomic E-state index is 12.8. The fraction of sp³-hybridized carbons (Fsp3) is 0.464. The molecule has 0 unspecified atom stereocenters. The van der Waals surface area contributed by atoms with Crippen LogP contribution in [0.5, 0.6) is 0 Å². The van der Waals surface area contributed by atoms with Crippen molar-refractivity contribution in [3.63, 3.8) is 0 Å². The molecule has 6 nitrogen and oxygen atoms in total. The highest BCUT2D eigenvalue weighted by Crippen LogP contribution is 2.29. The van der Waals surface area contributed by atoms with E-state index in [4.69, 9.17) is 4.74 Å². The lowest BCUT2D eigenvalue weighted by Crippen LogP contribution is -2.45. The minimum absolute atomic E-state index is 0.00934. The number of halogens is 3. The first kappa shape index (κ1) is 30.0. The van der Waals surface area contributed by atoms with Crippen LogP contribution in [-0.4, -0.2) is 35.8 Å². The first-order valence-corrected chi connectivity index (χ1v) is 12.3. The third kappa shape index (κ3) is 12.1. The van der Waals surface area contributed by atoms with Crippen LogP contribution in [0.25, 0.3) is 0 Å². The van der Waals surface area contributed by atoms with Crippen molar-refractivity contribution in [2.24, 2.45) is 0 Å². The minimum Gasteiger partial charge on any atom is -0.460 e. The molecule has 0 aromatic heterocycles. The Morgan fingerprint density at radius 1 is 0.865 bits per heavy atom. The van der Waals surface area contributed by atoms with E-state index in [-0.39, 0.29) is 38.1 Å². The summed E-state index contributed by atoms with van der Waals surface area (Å²) in [5.74, 6) is -0.818. The zero-order valence-corrected chi connectivity index (χ0v) is 21.5. The van der Waals surface area contributed by atoms with Gasteiger partial charge in [-0.3, -0.25) is 14.4 Å². The number of hydrogen-bond donors (Lipinski definition) is 2. The van der Waals surface area contributed by atoms with Crippen molar-refractivity contribution in [1.29, 1.82) is 0 Å².